The lowest BCUT2D eigenvalue weighted by molar-refractivity contribution is -0.137. The zero-order valence-corrected chi connectivity index (χ0v) is 18.2. The molecule has 174 valence electrons. The highest BCUT2D eigenvalue weighted by Crippen LogP contribution is 2.35. The standard InChI is InChI=1S/C23H29F3N4O2/c1-30(2)11-10-27-21-12-15(6-9-19(21)23(24,25)26)14-28-22(32)29-20-5-3-4-16-7-8-17(31)13-18(16)20/h3-6,9,12,17,27,31H,7-8,10-11,13-14H2,1-2H3,(H2,28,29,32). The van der Waals surface area contributed by atoms with E-state index in [2.05, 4.69) is 16.0 Å². The van der Waals surface area contributed by atoms with E-state index in [1.807, 2.05) is 31.1 Å². The summed E-state index contributed by atoms with van der Waals surface area (Å²) < 4.78 is 40.0. The molecule has 1 aliphatic carbocycles. The average Bonchev–Trinajstić information content (AvgIpc) is 2.72. The number of alkyl halides is 3. The molecule has 9 heteroatoms. The van der Waals surface area contributed by atoms with Gasteiger partial charge in [0.1, 0.15) is 0 Å². The number of amides is 2. The molecule has 2 aromatic carbocycles. The first-order valence-corrected chi connectivity index (χ1v) is 10.6. The van der Waals surface area contributed by atoms with Crippen LogP contribution in [0.15, 0.2) is 36.4 Å². The predicted molar refractivity (Wildman–Crippen MR) is 119 cm³/mol. The van der Waals surface area contributed by atoms with Gasteiger partial charge in [-0.1, -0.05) is 18.2 Å². The highest BCUT2D eigenvalue weighted by atomic mass is 19.4. The quantitative estimate of drug-likeness (QED) is 0.517. The Hall–Kier alpha value is -2.78. The van der Waals surface area contributed by atoms with Crippen molar-refractivity contribution < 1.29 is 23.1 Å². The Morgan fingerprint density at radius 2 is 1.97 bits per heavy atom. The molecule has 1 unspecified atom stereocenters. The van der Waals surface area contributed by atoms with Gasteiger partial charge in [0.2, 0.25) is 0 Å². The summed E-state index contributed by atoms with van der Waals surface area (Å²) in [5.74, 6) is 0. The van der Waals surface area contributed by atoms with Crippen LogP contribution in [0.2, 0.25) is 0 Å². The molecule has 2 amide bonds. The molecule has 0 fully saturated rings. The molecule has 32 heavy (non-hydrogen) atoms. The van der Waals surface area contributed by atoms with E-state index in [0.717, 1.165) is 23.6 Å². The third-order valence-corrected chi connectivity index (χ3v) is 5.42. The maximum Gasteiger partial charge on any atom is 0.418 e. The van der Waals surface area contributed by atoms with Crippen LogP contribution < -0.4 is 16.0 Å². The normalized spacial score (nSPS) is 15.9. The van der Waals surface area contributed by atoms with Gasteiger partial charge in [-0.05, 0) is 61.8 Å². The molecule has 4 N–H and O–H groups in total. The van der Waals surface area contributed by atoms with Crippen molar-refractivity contribution in [3.8, 4) is 0 Å². The van der Waals surface area contributed by atoms with Crippen LogP contribution in [0.1, 0.15) is 28.7 Å². The monoisotopic (exact) mass is 450 g/mol. The number of nitrogens with one attached hydrogen (secondary N) is 3. The Bertz CT molecular complexity index is 947. The number of benzene rings is 2. The predicted octanol–water partition coefficient (Wildman–Crippen LogP) is 3.85. The van der Waals surface area contributed by atoms with E-state index in [9.17, 15) is 23.1 Å². The van der Waals surface area contributed by atoms with E-state index < -0.39 is 23.9 Å². The molecule has 0 bridgehead atoms. The average molecular weight is 451 g/mol. The number of aryl methyl sites for hydroxylation is 1. The summed E-state index contributed by atoms with van der Waals surface area (Å²) in [7, 11) is 3.69. The van der Waals surface area contributed by atoms with Gasteiger partial charge in [-0.15, -0.1) is 0 Å². The summed E-state index contributed by atoms with van der Waals surface area (Å²) in [6, 6.07) is 8.97. The van der Waals surface area contributed by atoms with Crippen molar-refractivity contribution in [2.75, 3.05) is 37.8 Å². The van der Waals surface area contributed by atoms with Crippen LogP contribution in [0.4, 0.5) is 29.3 Å². The molecule has 1 atom stereocenters. The molecule has 0 spiro atoms. The summed E-state index contributed by atoms with van der Waals surface area (Å²) in [4.78, 5) is 14.3. The lowest BCUT2D eigenvalue weighted by atomic mass is 9.88. The van der Waals surface area contributed by atoms with Crippen LogP contribution >= 0.6 is 0 Å². The number of fused-ring (bicyclic) bond motifs is 1. The first-order valence-electron chi connectivity index (χ1n) is 10.6. The van der Waals surface area contributed by atoms with Crippen molar-refractivity contribution in [2.24, 2.45) is 0 Å². The Balaban J connectivity index is 1.65. The lowest BCUT2D eigenvalue weighted by Gasteiger charge is -2.23. The second-order valence-electron chi connectivity index (χ2n) is 8.26. The van der Waals surface area contributed by atoms with Gasteiger partial charge in [-0.2, -0.15) is 13.2 Å². The molecule has 3 rings (SSSR count). The minimum atomic E-state index is -4.47. The largest absolute Gasteiger partial charge is 0.418 e. The van der Waals surface area contributed by atoms with Crippen LogP contribution in [0.3, 0.4) is 0 Å². The number of nitrogens with zero attached hydrogens (tertiary/aromatic N) is 1. The van der Waals surface area contributed by atoms with Gasteiger partial charge in [0, 0.05) is 37.4 Å². The van der Waals surface area contributed by atoms with Crippen LogP contribution in [-0.2, 0) is 25.6 Å². The van der Waals surface area contributed by atoms with Crippen molar-refractivity contribution in [1.29, 1.82) is 0 Å². The zero-order chi connectivity index (χ0) is 23.3. The van der Waals surface area contributed by atoms with E-state index in [4.69, 9.17) is 0 Å². The van der Waals surface area contributed by atoms with Gasteiger partial charge in [0.15, 0.2) is 0 Å². The van der Waals surface area contributed by atoms with Gasteiger partial charge in [-0.25, -0.2) is 4.79 Å². The zero-order valence-electron chi connectivity index (χ0n) is 18.2. The molecule has 0 aliphatic heterocycles. The van der Waals surface area contributed by atoms with Crippen LogP contribution in [-0.4, -0.2) is 49.3 Å². The Kier molecular flexibility index (Phi) is 7.63. The number of aliphatic hydroxyl groups excluding tert-OH is 1. The number of urea groups is 1. The van der Waals surface area contributed by atoms with E-state index in [1.54, 1.807) is 6.07 Å². The highest BCUT2D eigenvalue weighted by molar-refractivity contribution is 5.90. The van der Waals surface area contributed by atoms with E-state index in [-0.39, 0.29) is 12.2 Å². The minimum absolute atomic E-state index is 0.00910. The van der Waals surface area contributed by atoms with Gasteiger partial charge < -0.3 is 26.0 Å². The van der Waals surface area contributed by atoms with E-state index in [1.165, 1.54) is 12.1 Å². The molecule has 0 saturated carbocycles. The topological polar surface area (TPSA) is 76.6 Å². The molecule has 1 aliphatic rings. The number of carbonyl (C=O) groups excluding carboxylic acids is 1. The summed E-state index contributed by atoms with van der Waals surface area (Å²) >= 11 is 0. The number of rotatable bonds is 7. The molecule has 2 aromatic rings. The van der Waals surface area contributed by atoms with Crippen molar-refractivity contribution in [3.63, 3.8) is 0 Å². The fraction of sp³-hybridized carbons (Fsp3) is 0.435. The lowest BCUT2D eigenvalue weighted by Crippen LogP contribution is -2.30. The fourth-order valence-corrected chi connectivity index (χ4v) is 3.74. The third kappa shape index (κ3) is 6.37. The second kappa shape index (κ2) is 10.2. The fourth-order valence-electron chi connectivity index (χ4n) is 3.74. The van der Waals surface area contributed by atoms with E-state index >= 15 is 0 Å². The van der Waals surface area contributed by atoms with Gasteiger partial charge in [0.05, 0.1) is 11.7 Å². The minimum Gasteiger partial charge on any atom is -0.393 e. The summed E-state index contributed by atoms with van der Waals surface area (Å²) in [5, 5.41) is 18.3. The summed E-state index contributed by atoms with van der Waals surface area (Å²) in [6.07, 6.45) is -2.98. The van der Waals surface area contributed by atoms with Crippen molar-refractivity contribution in [3.05, 3.63) is 58.7 Å². The van der Waals surface area contributed by atoms with E-state index in [0.29, 0.717) is 37.2 Å². The van der Waals surface area contributed by atoms with Gasteiger partial charge >= 0.3 is 12.2 Å². The third-order valence-electron chi connectivity index (χ3n) is 5.42. The number of halogens is 3. The number of likely N-dealkylation sites (N-methyl/N-ethyl adjacent to an activating group) is 1. The maximum atomic E-state index is 13.3. The summed E-state index contributed by atoms with van der Waals surface area (Å²) in [6.45, 7) is 1.01. The van der Waals surface area contributed by atoms with Crippen molar-refractivity contribution in [1.82, 2.24) is 10.2 Å². The molecule has 0 aromatic heterocycles. The van der Waals surface area contributed by atoms with Crippen LogP contribution in [0, 0.1) is 0 Å². The van der Waals surface area contributed by atoms with Gasteiger partial charge in [-0.3, -0.25) is 0 Å². The van der Waals surface area contributed by atoms with Crippen molar-refractivity contribution >= 4 is 17.4 Å². The molecular weight excluding hydrogens is 421 g/mol. The number of anilines is 2. The maximum absolute atomic E-state index is 13.3. The second-order valence-corrected chi connectivity index (χ2v) is 8.26. The number of aliphatic hydroxyl groups is 1. The molecule has 0 saturated heterocycles. The van der Waals surface area contributed by atoms with Gasteiger partial charge in [0.25, 0.3) is 0 Å². The van der Waals surface area contributed by atoms with Crippen molar-refractivity contribution in [2.45, 2.75) is 38.1 Å². The first-order chi connectivity index (χ1) is 15.1. The number of hydrogen-bond acceptors (Lipinski definition) is 4. The highest BCUT2D eigenvalue weighted by Gasteiger charge is 2.33. The Labute approximate surface area is 185 Å². The Morgan fingerprint density at radius 3 is 2.69 bits per heavy atom. The first kappa shape index (κ1) is 23.9. The number of carbonyl (C=O) groups is 1. The smallest absolute Gasteiger partial charge is 0.393 e. The Morgan fingerprint density at radius 1 is 1.19 bits per heavy atom. The van der Waals surface area contributed by atoms with Crippen LogP contribution in [0.25, 0.3) is 0 Å². The summed E-state index contributed by atoms with van der Waals surface area (Å²) in [5.41, 5.74) is 2.46. The molecule has 0 heterocycles. The molecule has 0 radical (unpaired) electrons. The van der Waals surface area contributed by atoms with Crippen LogP contribution in [0.5, 0.6) is 0 Å². The molecule has 6 nitrogen and oxygen atoms in total. The molecular formula is C23H29F3N4O2. The SMILES string of the molecule is CN(C)CCNc1cc(CNC(=O)Nc2cccc3c2CC(O)CC3)ccc1C(F)(F)F. The number of hydrogen-bond donors (Lipinski definition) is 4.